The first-order valence-electron chi connectivity index (χ1n) is 7.60. The van der Waals surface area contributed by atoms with Gasteiger partial charge in [0.25, 0.3) is 0 Å². The van der Waals surface area contributed by atoms with Crippen LogP contribution in [0.5, 0.6) is 0 Å². The minimum Gasteiger partial charge on any atom is -0.383 e. The molecular weight excluding hydrogens is 267 g/mol. The molecule has 0 aliphatic rings. The van der Waals surface area contributed by atoms with Gasteiger partial charge < -0.3 is 10.5 Å². The Balaban J connectivity index is 2.88. The predicted molar refractivity (Wildman–Crippen MR) is 85.9 cm³/mol. The van der Waals surface area contributed by atoms with Gasteiger partial charge in [-0.05, 0) is 37.0 Å². The van der Waals surface area contributed by atoms with Crippen molar-refractivity contribution in [2.75, 3.05) is 33.4 Å². The molecule has 0 bridgehead atoms. The van der Waals surface area contributed by atoms with Crippen molar-refractivity contribution in [2.45, 2.75) is 32.7 Å². The predicted octanol–water partition coefficient (Wildman–Crippen LogP) is 2.69. The van der Waals surface area contributed by atoms with Gasteiger partial charge in [-0.25, -0.2) is 4.39 Å². The highest BCUT2D eigenvalue weighted by molar-refractivity contribution is 5.19. The average Bonchev–Trinajstić information content (AvgIpc) is 2.45. The summed E-state index contributed by atoms with van der Waals surface area (Å²) < 4.78 is 18.3. The van der Waals surface area contributed by atoms with Crippen LogP contribution in [-0.4, -0.2) is 43.8 Å². The van der Waals surface area contributed by atoms with Crippen LogP contribution < -0.4 is 5.73 Å². The Morgan fingerprint density at radius 3 is 2.38 bits per heavy atom. The van der Waals surface area contributed by atoms with Crippen LogP contribution >= 0.6 is 0 Å². The zero-order valence-corrected chi connectivity index (χ0v) is 13.7. The number of halogens is 1. The molecule has 1 aromatic rings. The van der Waals surface area contributed by atoms with E-state index >= 15 is 0 Å². The molecule has 3 nitrogen and oxygen atoms in total. The third-order valence-corrected chi connectivity index (χ3v) is 3.85. The molecule has 1 aromatic carbocycles. The number of ether oxygens (including phenoxy) is 1. The van der Waals surface area contributed by atoms with E-state index in [9.17, 15) is 4.39 Å². The summed E-state index contributed by atoms with van der Waals surface area (Å²) >= 11 is 0. The lowest BCUT2D eigenvalue weighted by molar-refractivity contribution is 0.0606. The van der Waals surface area contributed by atoms with E-state index in [1.165, 1.54) is 12.1 Å². The van der Waals surface area contributed by atoms with Crippen LogP contribution in [0.1, 0.15) is 26.3 Å². The average molecular weight is 296 g/mol. The largest absolute Gasteiger partial charge is 0.383 e. The summed E-state index contributed by atoms with van der Waals surface area (Å²) in [5.41, 5.74) is 7.03. The van der Waals surface area contributed by atoms with E-state index in [1.54, 1.807) is 7.11 Å². The first-order valence-corrected chi connectivity index (χ1v) is 7.60. The number of hydrogen-bond donors (Lipinski definition) is 1. The Hall–Kier alpha value is -0.970. The van der Waals surface area contributed by atoms with Crippen LogP contribution in [0.4, 0.5) is 4.39 Å². The van der Waals surface area contributed by atoms with Crippen molar-refractivity contribution in [1.82, 2.24) is 4.90 Å². The Kier molecular flexibility index (Phi) is 7.29. The summed E-state index contributed by atoms with van der Waals surface area (Å²) in [6.45, 7) is 9.64. The zero-order valence-electron chi connectivity index (χ0n) is 13.7. The second-order valence-electron chi connectivity index (χ2n) is 6.34. The van der Waals surface area contributed by atoms with Crippen LogP contribution in [0.3, 0.4) is 0 Å². The van der Waals surface area contributed by atoms with Gasteiger partial charge in [0, 0.05) is 32.3 Å². The normalized spacial score (nSPS) is 14.7. The third kappa shape index (κ3) is 5.73. The molecule has 4 heteroatoms. The highest BCUT2D eigenvalue weighted by Crippen LogP contribution is 2.21. The van der Waals surface area contributed by atoms with Gasteiger partial charge in [-0.3, -0.25) is 4.90 Å². The molecule has 0 aliphatic carbocycles. The number of hydrogen-bond acceptors (Lipinski definition) is 3. The molecule has 120 valence electrons. The highest BCUT2D eigenvalue weighted by Gasteiger charge is 2.30. The maximum Gasteiger partial charge on any atom is 0.123 e. The summed E-state index contributed by atoms with van der Waals surface area (Å²) in [5.74, 6) is 0.354. The lowest BCUT2D eigenvalue weighted by Gasteiger charge is -2.42. The van der Waals surface area contributed by atoms with Crippen LogP contribution in [-0.2, 0) is 11.2 Å². The van der Waals surface area contributed by atoms with Crippen molar-refractivity contribution >= 4 is 0 Å². The fourth-order valence-electron chi connectivity index (χ4n) is 2.58. The summed E-state index contributed by atoms with van der Waals surface area (Å²) in [6, 6.07) is 6.70. The lowest BCUT2D eigenvalue weighted by Crippen LogP contribution is -2.55. The van der Waals surface area contributed by atoms with Crippen molar-refractivity contribution in [1.29, 1.82) is 0 Å². The summed E-state index contributed by atoms with van der Waals surface area (Å²) in [6.07, 6.45) is 0.806. The Labute approximate surface area is 128 Å². The number of nitrogens with zero attached hydrogens (tertiary/aromatic N) is 1. The van der Waals surface area contributed by atoms with Gasteiger partial charge in [0.2, 0.25) is 0 Å². The Morgan fingerprint density at radius 1 is 1.29 bits per heavy atom. The number of rotatable bonds is 9. The molecule has 0 radical (unpaired) electrons. The van der Waals surface area contributed by atoms with E-state index in [0.717, 1.165) is 25.1 Å². The molecule has 1 atom stereocenters. The summed E-state index contributed by atoms with van der Waals surface area (Å²) in [7, 11) is 1.72. The molecule has 1 unspecified atom stereocenters. The Bertz CT molecular complexity index is 408. The molecule has 0 fully saturated rings. The lowest BCUT2D eigenvalue weighted by atomic mass is 9.90. The minimum absolute atomic E-state index is 0.152. The van der Waals surface area contributed by atoms with E-state index in [1.807, 2.05) is 12.1 Å². The Morgan fingerprint density at radius 2 is 1.90 bits per heavy atom. The SMILES string of the molecule is COCCN(CC(C)C)C(C)(CN)Cc1ccc(F)cc1. The quantitative estimate of drug-likeness (QED) is 0.761. The van der Waals surface area contributed by atoms with Crippen molar-refractivity contribution in [3.05, 3.63) is 35.6 Å². The molecule has 0 amide bonds. The van der Waals surface area contributed by atoms with Gasteiger partial charge in [-0.2, -0.15) is 0 Å². The molecule has 0 aliphatic heterocycles. The number of nitrogens with two attached hydrogens (primary N) is 1. The van der Waals surface area contributed by atoms with E-state index in [-0.39, 0.29) is 11.4 Å². The molecular formula is C17H29FN2O. The van der Waals surface area contributed by atoms with E-state index in [4.69, 9.17) is 10.5 Å². The van der Waals surface area contributed by atoms with Gasteiger partial charge in [0.1, 0.15) is 5.82 Å². The fraction of sp³-hybridized carbons (Fsp3) is 0.647. The molecule has 0 saturated carbocycles. The third-order valence-electron chi connectivity index (χ3n) is 3.85. The fourth-order valence-corrected chi connectivity index (χ4v) is 2.58. The van der Waals surface area contributed by atoms with Crippen LogP contribution in [0.15, 0.2) is 24.3 Å². The minimum atomic E-state index is -0.202. The maximum atomic E-state index is 13.0. The molecule has 0 aromatic heterocycles. The molecule has 1 rings (SSSR count). The van der Waals surface area contributed by atoms with Crippen molar-refractivity contribution in [3.63, 3.8) is 0 Å². The number of methoxy groups -OCH3 is 1. The van der Waals surface area contributed by atoms with Crippen LogP contribution in [0.25, 0.3) is 0 Å². The highest BCUT2D eigenvalue weighted by atomic mass is 19.1. The summed E-state index contributed by atoms with van der Waals surface area (Å²) in [5, 5.41) is 0. The van der Waals surface area contributed by atoms with Crippen LogP contribution in [0.2, 0.25) is 0 Å². The molecule has 21 heavy (non-hydrogen) atoms. The van der Waals surface area contributed by atoms with Gasteiger partial charge >= 0.3 is 0 Å². The van der Waals surface area contributed by atoms with E-state index in [2.05, 4.69) is 25.7 Å². The number of benzene rings is 1. The first kappa shape index (κ1) is 18.1. The first-order chi connectivity index (χ1) is 9.91. The van der Waals surface area contributed by atoms with Gasteiger partial charge in [0.05, 0.1) is 6.61 Å². The monoisotopic (exact) mass is 296 g/mol. The van der Waals surface area contributed by atoms with Gasteiger partial charge in [0.15, 0.2) is 0 Å². The molecule has 0 heterocycles. The maximum absolute atomic E-state index is 13.0. The van der Waals surface area contributed by atoms with Crippen molar-refractivity contribution in [2.24, 2.45) is 11.7 Å². The topological polar surface area (TPSA) is 38.5 Å². The molecule has 2 N–H and O–H groups in total. The molecule has 0 spiro atoms. The van der Waals surface area contributed by atoms with E-state index in [0.29, 0.717) is 19.1 Å². The van der Waals surface area contributed by atoms with Gasteiger partial charge in [-0.15, -0.1) is 0 Å². The van der Waals surface area contributed by atoms with Gasteiger partial charge in [-0.1, -0.05) is 26.0 Å². The second-order valence-corrected chi connectivity index (χ2v) is 6.34. The zero-order chi connectivity index (χ0) is 15.9. The molecule has 0 saturated heterocycles. The standard InChI is InChI=1S/C17H29FN2O/c1-14(2)12-20(9-10-21-4)17(3,13-19)11-15-5-7-16(18)8-6-15/h5-8,14H,9-13,19H2,1-4H3. The van der Waals surface area contributed by atoms with E-state index < -0.39 is 0 Å². The second kappa shape index (κ2) is 8.47. The van der Waals surface area contributed by atoms with Crippen LogP contribution in [0, 0.1) is 11.7 Å². The van der Waals surface area contributed by atoms with Crippen molar-refractivity contribution in [3.8, 4) is 0 Å². The summed E-state index contributed by atoms with van der Waals surface area (Å²) in [4.78, 5) is 2.39. The van der Waals surface area contributed by atoms with Crippen molar-refractivity contribution < 1.29 is 9.13 Å². The smallest absolute Gasteiger partial charge is 0.123 e.